The van der Waals surface area contributed by atoms with Gasteiger partial charge in [0.2, 0.25) is 0 Å². The maximum absolute atomic E-state index is 4.18. The highest BCUT2D eigenvalue weighted by molar-refractivity contribution is 5.16. The third kappa shape index (κ3) is 1.56. The smallest absolute Gasteiger partial charge is 0.0403 e. The number of nitrogens with zero attached hydrogens (tertiary/aromatic N) is 1. The molecule has 0 spiro atoms. The van der Waals surface area contributed by atoms with Crippen LogP contribution in [0.5, 0.6) is 0 Å². The highest BCUT2D eigenvalue weighted by atomic mass is 14.7. The average molecular weight is 134 g/mol. The number of hydrogen-bond acceptors (Lipinski definition) is 1. The quantitative estimate of drug-likeness (QED) is 0.603. The van der Waals surface area contributed by atoms with E-state index in [0.29, 0.717) is 0 Å². The molecule has 0 saturated carbocycles. The van der Waals surface area contributed by atoms with Crippen molar-refractivity contribution in [1.29, 1.82) is 0 Å². The van der Waals surface area contributed by atoms with Crippen LogP contribution in [0.3, 0.4) is 0 Å². The van der Waals surface area contributed by atoms with Crippen LogP contribution in [0.25, 0.3) is 0 Å². The number of pyridine rings is 1. The van der Waals surface area contributed by atoms with Gasteiger partial charge in [0, 0.05) is 11.9 Å². The topological polar surface area (TPSA) is 12.9 Å². The second-order valence-corrected chi connectivity index (χ2v) is 2.26. The molecule has 0 aliphatic heterocycles. The Kier molecular flexibility index (Phi) is 2.43. The summed E-state index contributed by atoms with van der Waals surface area (Å²) in [5, 5.41) is 0. The predicted octanol–water partition coefficient (Wildman–Crippen LogP) is 2.02. The standard InChI is InChI=1S/C9H12N/c1-3-8-5-6-10-9(4-2)7-8/h5-7H,1,3-4H2,2H3. The first-order chi connectivity index (χ1) is 4.86. The number of hydrogen-bond donors (Lipinski definition) is 0. The predicted molar refractivity (Wildman–Crippen MR) is 42.7 cm³/mol. The molecule has 0 N–H and O–H groups in total. The summed E-state index contributed by atoms with van der Waals surface area (Å²) < 4.78 is 0. The fourth-order valence-electron chi connectivity index (χ4n) is 0.877. The lowest BCUT2D eigenvalue weighted by atomic mass is 10.1. The summed E-state index contributed by atoms with van der Waals surface area (Å²) in [7, 11) is 0. The summed E-state index contributed by atoms with van der Waals surface area (Å²) in [6, 6.07) is 4.11. The van der Waals surface area contributed by atoms with Gasteiger partial charge < -0.3 is 0 Å². The first-order valence-corrected chi connectivity index (χ1v) is 3.60. The Labute approximate surface area is 62.1 Å². The van der Waals surface area contributed by atoms with E-state index in [2.05, 4.69) is 24.9 Å². The number of aromatic nitrogens is 1. The molecule has 0 aliphatic rings. The minimum absolute atomic E-state index is 0.857. The van der Waals surface area contributed by atoms with Crippen molar-refractivity contribution in [3.05, 3.63) is 36.5 Å². The monoisotopic (exact) mass is 134 g/mol. The molecule has 1 heteroatoms. The second-order valence-electron chi connectivity index (χ2n) is 2.26. The van der Waals surface area contributed by atoms with E-state index in [1.54, 1.807) is 0 Å². The fourth-order valence-corrected chi connectivity index (χ4v) is 0.877. The molecule has 0 atom stereocenters. The Hall–Kier alpha value is -0.850. The number of rotatable bonds is 2. The van der Waals surface area contributed by atoms with Crippen molar-refractivity contribution >= 4 is 0 Å². The zero-order chi connectivity index (χ0) is 7.40. The van der Waals surface area contributed by atoms with Gasteiger partial charge >= 0.3 is 0 Å². The first-order valence-electron chi connectivity index (χ1n) is 3.60. The van der Waals surface area contributed by atoms with Crippen molar-refractivity contribution in [2.24, 2.45) is 0 Å². The van der Waals surface area contributed by atoms with Crippen molar-refractivity contribution in [1.82, 2.24) is 4.98 Å². The van der Waals surface area contributed by atoms with Crippen molar-refractivity contribution in [3.63, 3.8) is 0 Å². The summed E-state index contributed by atoms with van der Waals surface area (Å²) >= 11 is 0. The molecular formula is C9H12N. The van der Waals surface area contributed by atoms with Gasteiger partial charge in [-0.15, -0.1) is 0 Å². The van der Waals surface area contributed by atoms with Crippen LogP contribution < -0.4 is 0 Å². The van der Waals surface area contributed by atoms with Crippen molar-refractivity contribution in [2.45, 2.75) is 19.8 Å². The van der Waals surface area contributed by atoms with E-state index in [-0.39, 0.29) is 0 Å². The van der Waals surface area contributed by atoms with E-state index in [4.69, 9.17) is 0 Å². The van der Waals surface area contributed by atoms with E-state index in [0.717, 1.165) is 18.5 Å². The van der Waals surface area contributed by atoms with Gasteiger partial charge in [0.15, 0.2) is 0 Å². The lowest BCUT2D eigenvalue weighted by Gasteiger charge is -1.97. The van der Waals surface area contributed by atoms with Crippen LogP contribution in [0.15, 0.2) is 18.3 Å². The Morgan fingerprint density at radius 1 is 1.60 bits per heavy atom. The van der Waals surface area contributed by atoms with Gasteiger partial charge in [-0.3, -0.25) is 4.98 Å². The zero-order valence-corrected chi connectivity index (χ0v) is 6.30. The molecular weight excluding hydrogens is 122 g/mol. The zero-order valence-electron chi connectivity index (χ0n) is 6.30. The minimum atomic E-state index is 0.857. The van der Waals surface area contributed by atoms with Gasteiger partial charge in [0.05, 0.1) is 0 Å². The van der Waals surface area contributed by atoms with Gasteiger partial charge in [-0.2, -0.15) is 0 Å². The van der Waals surface area contributed by atoms with Crippen molar-refractivity contribution in [2.75, 3.05) is 0 Å². The third-order valence-corrected chi connectivity index (χ3v) is 1.53. The third-order valence-electron chi connectivity index (χ3n) is 1.53. The summed E-state index contributed by atoms with van der Waals surface area (Å²) in [4.78, 5) is 4.18. The number of aryl methyl sites for hydroxylation is 1. The molecule has 1 heterocycles. The fraction of sp³-hybridized carbons (Fsp3) is 0.333. The second kappa shape index (κ2) is 3.35. The molecule has 1 radical (unpaired) electrons. The van der Waals surface area contributed by atoms with Crippen molar-refractivity contribution < 1.29 is 0 Å². The highest BCUT2D eigenvalue weighted by Gasteiger charge is 1.90. The van der Waals surface area contributed by atoms with Crippen LogP contribution in [0.1, 0.15) is 18.2 Å². The molecule has 1 nitrogen and oxygen atoms in total. The van der Waals surface area contributed by atoms with Gasteiger partial charge in [-0.05, 0) is 37.5 Å². The molecule has 0 bridgehead atoms. The van der Waals surface area contributed by atoms with Crippen LogP contribution >= 0.6 is 0 Å². The molecule has 10 heavy (non-hydrogen) atoms. The Balaban J connectivity index is 2.87. The van der Waals surface area contributed by atoms with Crippen LogP contribution in [-0.4, -0.2) is 4.98 Å². The SMILES string of the molecule is [CH2]Cc1ccnc(CC)c1. The first kappa shape index (κ1) is 7.26. The molecule has 0 aromatic carbocycles. The molecule has 0 aliphatic carbocycles. The van der Waals surface area contributed by atoms with Crippen molar-refractivity contribution in [3.8, 4) is 0 Å². The molecule has 0 amide bonds. The highest BCUT2D eigenvalue weighted by Crippen LogP contribution is 2.01. The molecule has 1 aromatic heterocycles. The van der Waals surface area contributed by atoms with E-state index < -0.39 is 0 Å². The molecule has 0 unspecified atom stereocenters. The van der Waals surface area contributed by atoms with E-state index in [9.17, 15) is 0 Å². The van der Waals surface area contributed by atoms with E-state index >= 15 is 0 Å². The maximum atomic E-state index is 4.18. The Morgan fingerprint density at radius 2 is 2.40 bits per heavy atom. The molecule has 1 rings (SSSR count). The Bertz CT molecular complexity index is 186. The van der Waals surface area contributed by atoms with Crippen LogP contribution in [0, 0.1) is 6.92 Å². The van der Waals surface area contributed by atoms with Crippen LogP contribution in [-0.2, 0) is 12.8 Å². The molecule has 0 saturated heterocycles. The van der Waals surface area contributed by atoms with Crippen LogP contribution in [0.2, 0.25) is 0 Å². The molecule has 53 valence electrons. The largest absolute Gasteiger partial charge is 0.261 e. The summed E-state index contributed by atoms with van der Waals surface area (Å²) in [5.74, 6) is 0. The summed E-state index contributed by atoms with van der Waals surface area (Å²) in [6.07, 6.45) is 3.71. The van der Waals surface area contributed by atoms with E-state index in [1.807, 2.05) is 12.3 Å². The maximum Gasteiger partial charge on any atom is 0.0403 e. The van der Waals surface area contributed by atoms with E-state index in [1.165, 1.54) is 5.56 Å². The molecule has 0 fully saturated rings. The molecule has 1 aromatic rings. The average Bonchev–Trinajstić information content (AvgIpc) is 2.05. The summed E-state index contributed by atoms with van der Waals surface area (Å²) in [5.41, 5.74) is 2.42. The lowest BCUT2D eigenvalue weighted by Crippen LogP contribution is -1.88. The lowest BCUT2D eigenvalue weighted by molar-refractivity contribution is 1.02. The summed E-state index contributed by atoms with van der Waals surface area (Å²) in [6.45, 7) is 5.91. The normalized spacial score (nSPS) is 9.80. The minimum Gasteiger partial charge on any atom is -0.261 e. The van der Waals surface area contributed by atoms with Crippen LogP contribution in [0.4, 0.5) is 0 Å². The van der Waals surface area contributed by atoms with Gasteiger partial charge in [0.25, 0.3) is 0 Å². The van der Waals surface area contributed by atoms with Gasteiger partial charge in [-0.1, -0.05) is 6.92 Å². The van der Waals surface area contributed by atoms with Gasteiger partial charge in [-0.25, -0.2) is 0 Å². The Morgan fingerprint density at radius 3 is 3.00 bits per heavy atom. The van der Waals surface area contributed by atoms with Gasteiger partial charge in [0.1, 0.15) is 0 Å².